The molecule has 0 saturated heterocycles. The lowest BCUT2D eigenvalue weighted by molar-refractivity contribution is -0.137. The van der Waals surface area contributed by atoms with E-state index in [9.17, 15) is 13.2 Å². The van der Waals surface area contributed by atoms with Crippen molar-refractivity contribution in [1.29, 1.82) is 0 Å². The van der Waals surface area contributed by atoms with Gasteiger partial charge in [-0.3, -0.25) is 0 Å². The van der Waals surface area contributed by atoms with E-state index in [-0.39, 0.29) is 5.41 Å². The molecule has 87 valence electrons. The van der Waals surface area contributed by atoms with E-state index in [1.165, 1.54) is 6.07 Å². The van der Waals surface area contributed by atoms with E-state index >= 15 is 0 Å². The lowest BCUT2D eigenvalue weighted by Gasteiger charge is -2.21. The Kier molecular flexibility index (Phi) is 3.17. The Labute approximate surface area is 93.8 Å². The minimum atomic E-state index is -4.33. The number of hydrogen-bond acceptors (Lipinski definition) is 0. The Morgan fingerprint density at radius 3 is 1.88 bits per heavy atom. The first kappa shape index (κ1) is 12.8. The lowest BCUT2D eigenvalue weighted by Crippen LogP contribution is -2.14. The second-order valence-corrected chi connectivity index (χ2v) is 4.72. The number of alkyl halides is 3. The lowest BCUT2D eigenvalue weighted by atomic mass is 9.85. The molecule has 1 rings (SSSR count). The van der Waals surface area contributed by atoms with Gasteiger partial charge in [-0.2, -0.15) is 13.2 Å². The van der Waals surface area contributed by atoms with Gasteiger partial charge < -0.3 is 0 Å². The smallest absolute Gasteiger partial charge is 0.166 e. The van der Waals surface area contributed by atoms with E-state index < -0.39 is 11.7 Å². The van der Waals surface area contributed by atoms with E-state index in [4.69, 9.17) is 0 Å². The first-order chi connectivity index (χ1) is 7.14. The quantitative estimate of drug-likeness (QED) is 0.669. The van der Waals surface area contributed by atoms with Crippen molar-refractivity contribution in [3.63, 3.8) is 0 Å². The average molecular weight is 227 g/mol. The Hall–Kier alpha value is -1.25. The predicted molar refractivity (Wildman–Crippen MR) is 58.1 cm³/mol. The maximum absolute atomic E-state index is 12.6. The molecule has 0 bridgehead atoms. The van der Waals surface area contributed by atoms with Gasteiger partial charge in [-0.25, -0.2) is 0 Å². The predicted octanol–water partition coefficient (Wildman–Crippen LogP) is 4.34. The van der Waals surface area contributed by atoms with Gasteiger partial charge in [-0.05, 0) is 34.8 Å². The van der Waals surface area contributed by atoms with Crippen LogP contribution < -0.4 is 0 Å². The van der Waals surface area contributed by atoms with Crippen molar-refractivity contribution in [3.8, 4) is 0 Å². The van der Waals surface area contributed by atoms with E-state index in [1.54, 1.807) is 6.07 Å². The van der Waals surface area contributed by atoms with Crippen molar-refractivity contribution in [3.05, 3.63) is 47.5 Å². The van der Waals surface area contributed by atoms with Crippen LogP contribution in [0.4, 0.5) is 13.2 Å². The number of halogens is 3. The Bertz CT molecular complexity index is 362. The summed E-state index contributed by atoms with van der Waals surface area (Å²) in [5, 5.41) is 0. The topological polar surface area (TPSA) is 0 Å². The molecule has 0 fully saturated rings. The molecule has 0 saturated carbocycles. The zero-order chi connectivity index (χ0) is 12.6. The second-order valence-electron chi connectivity index (χ2n) is 4.72. The van der Waals surface area contributed by atoms with Gasteiger partial charge >= 0.3 is 6.18 Å². The third-order valence-electron chi connectivity index (χ3n) is 2.33. The molecule has 3 heteroatoms. The fourth-order valence-corrected chi connectivity index (χ4v) is 1.33. The van der Waals surface area contributed by atoms with Crippen LogP contribution in [0.3, 0.4) is 0 Å². The Morgan fingerprint density at radius 2 is 1.50 bits per heavy atom. The first-order valence-corrected chi connectivity index (χ1v) is 4.90. The van der Waals surface area contributed by atoms with Crippen molar-refractivity contribution in [2.24, 2.45) is 0 Å². The fourth-order valence-electron chi connectivity index (χ4n) is 1.33. The van der Waals surface area contributed by atoms with Gasteiger partial charge in [0.05, 0.1) is 5.56 Å². The third kappa shape index (κ3) is 2.87. The fraction of sp³-hybridized carbons (Fsp3) is 0.385. The van der Waals surface area contributed by atoms with Crippen LogP contribution in [-0.4, -0.2) is 0 Å². The van der Waals surface area contributed by atoms with Crippen LogP contribution in [0.25, 0.3) is 0 Å². The van der Waals surface area contributed by atoms with Gasteiger partial charge in [-0.15, -0.1) is 0 Å². The van der Waals surface area contributed by atoms with Crippen molar-refractivity contribution in [2.75, 3.05) is 0 Å². The minimum Gasteiger partial charge on any atom is -0.166 e. The molecule has 0 unspecified atom stereocenters. The highest BCUT2D eigenvalue weighted by Gasteiger charge is 2.32. The zero-order valence-electron chi connectivity index (χ0n) is 9.57. The Balaban J connectivity index is 3.39. The normalized spacial score (nSPS) is 12.6. The largest absolute Gasteiger partial charge is 0.416 e. The second kappa shape index (κ2) is 3.96. The number of hydrogen-bond donors (Lipinski definition) is 0. The monoisotopic (exact) mass is 227 g/mol. The summed E-state index contributed by atoms with van der Waals surface area (Å²) in [6.45, 7) is 9.00. The maximum Gasteiger partial charge on any atom is 0.416 e. The van der Waals surface area contributed by atoms with Crippen LogP contribution >= 0.6 is 0 Å². The summed E-state index contributed by atoms with van der Waals surface area (Å²) in [7, 11) is 0. The van der Waals surface area contributed by atoms with Crippen molar-refractivity contribution >= 4 is 0 Å². The van der Waals surface area contributed by atoms with Gasteiger partial charge in [0.15, 0.2) is 0 Å². The van der Waals surface area contributed by atoms with E-state index in [0.29, 0.717) is 11.1 Å². The van der Waals surface area contributed by atoms with Crippen LogP contribution in [-0.2, 0) is 11.6 Å². The summed E-state index contributed by atoms with van der Waals surface area (Å²) in [6, 6.07) is 3.92. The van der Waals surface area contributed by atoms with E-state index in [0.717, 1.165) is 6.07 Å². The summed E-state index contributed by atoms with van der Waals surface area (Å²) in [6.07, 6.45) is -1.82. The molecular formula is C13H14F3. The van der Waals surface area contributed by atoms with Crippen molar-refractivity contribution in [2.45, 2.75) is 32.4 Å². The molecule has 0 amide bonds. The highest BCUT2D eigenvalue weighted by molar-refractivity contribution is 5.37. The molecule has 0 N–H and O–H groups in total. The highest BCUT2D eigenvalue weighted by Crippen LogP contribution is 2.33. The molecule has 1 aromatic carbocycles. The molecule has 0 aliphatic carbocycles. The molecule has 0 heterocycles. The molecular weight excluding hydrogens is 213 g/mol. The Morgan fingerprint density at radius 1 is 1.00 bits per heavy atom. The third-order valence-corrected chi connectivity index (χ3v) is 2.33. The number of rotatable bonds is 1. The summed E-state index contributed by atoms with van der Waals surface area (Å²) in [5.74, 6) is 0. The highest BCUT2D eigenvalue weighted by atomic mass is 19.4. The van der Waals surface area contributed by atoms with Crippen LogP contribution in [0, 0.1) is 6.08 Å². The molecule has 0 nitrogen and oxygen atoms in total. The molecule has 0 spiro atoms. The van der Waals surface area contributed by atoms with Gasteiger partial charge in [0.1, 0.15) is 0 Å². The van der Waals surface area contributed by atoms with Gasteiger partial charge in [0, 0.05) is 0 Å². The van der Waals surface area contributed by atoms with Crippen LogP contribution in [0.1, 0.15) is 37.5 Å². The van der Waals surface area contributed by atoms with Gasteiger partial charge in [-0.1, -0.05) is 33.4 Å². The molecule has 0 aromatic heterocycles. The molecule has 1 radical (unpaired) electrons. The average Bonchev–Trinajstić information content (AvgIpc) is 2.14. The molecule has 1 aromatic rings. The van der Waals surface area contributed by atoms with Crippen molar-refractivity contribution < 1.29 is 13.2 Å². The van der Waals surface area contributed by atoms with E-state index in [1.807, 2.05) is 20.8 Å². The van der Waals surface area contributed by atoms with E-state index in [2.05, 4.69) is 12.7 Å². The molecule has 16 heavy (non-hydrogen) atoms. The minimum absolute atomic E-state index is 0.327. The van der Waals surface area contributed by atoms with Gasteiger partial charge in [0.2, 0.25) is 0 Å². The first-order valence-electron chi connectivity index (χ1n) is 4.90. The molecule has 0 aliphatic heterocycles. The van der Waals surface area contributed by atoms with Crippen molar-refractivity contribution in [1.82, 2.24) is 0 Å². The summed E-state index contributed by atoms with van der Waals surface area (Å²) < 4.78 is 37.9. The van der Waals surface area contributed by atoms with Gasteiger partial charge in [0.25, 0.3) is 0 Å². The molecule has 0 atom stereocenters. The van der Waals surface area contributed by atoms with Crippen LogP contribution in [0.5, 0.6) is 0 Å². The van der Waals surface area contributed by atoms with Crippen LogP contribution in [0.2, 0.25) is 0 Å². The maximum atomic E-state index is 12.6. The number of benzene rings is 1. The SMILES string of the molecule is C=[C]c1cc(C(C)(C)C)cc(C(F)(F)F)c1. The summed E-state index contributed by atoms with van der Waals surface area (Å²) in [5.41, 5.74) is 0.0339. The summed E-state index contributed by atoms with van der Waals surface area (Å²) >= 11 is 0. The standard InChI is InChI=1S/C13H14F3/c1-5-9-6-10(12(2,3)4)8-11(7-9)13(14,15)16/h6-8H,1H2,2-4H3. The summed E-state index contributed by atoms with van der Waals surface area (Å²) in [4.78, 5) is 0. The van der Waals surface area contributed by atoms with Crippen LogP contribution in [0.15, 0.2) is 24.8 Å². The zero-order valence-corrected chi connectivity index (χ0v) is 9.57. The molecule has 0 aliphatic rings.